The summed E-state index contributed by atoms with van der Waals surface area (Å²) in [5, 5.41) is 0. The van der Waals surface area contributed by atoms with Gasteiger partial charge in [-0.05, 0) is 47.0 Å². The van der Waals surface area contributed by atoms with E-state index in [-0.39, 0.29) is 16.8 Å². The van der Waals surface area contributed by atoms with E-state index in [2.05, 4.69) is 36.6 Å². The summed E-state index contributed by atoms with van der Waals surface area (Å²) in [6, 6.07) is 4.81. The first-order valence-electron chi connectivity index (χ1n) is 6.52. The van der Waals surface area contributed by atoms with E-state index in [1.165, 1.54) is 6.92 Å². The van der Waals surface area contributed by atoms with Gasteiger partial charge in [0.15, 0.2) is 0 Å². The van der Waals surface area contributed by atoms with Crippen molar-refractivity contribution < 1.29 is 13.2 Å². The summed E-state index contributed by atoms with van der Waals surface area (Å²) in [6.45, 7) is 2.71. The van der Waals surface area contributed by atoms with E-state index in [1.807, 2.05) is 0 Å². The fourth-order valence-corrected chi connectivity index (χ4v) is 5.34. The van der Waals surface area contributed by atoms with Crippen molar-refractivity contribution in [3.8, 4) is 0 Å². The molecule has 1 aliphatic heterocycles. The first kappa shape index (κ1) is 16.9. The Morgan fingerprint density at radius 2 is 1.90 bits per heavy atom. The number of carbonyl (C=O) groups excluding carboxylic acids is 1. The molecule has 0 spiro atoms. The van der Waals surface area contributed by atoms with Gasteiger partial charge in [0.05, 0.1) is 4.90 Å². The van der Waals surface area contributed by atoms with Gasteiger partial charge in [-0.25, -0.2) is 13.1 Å². The van der Waals surface area contributed by atoms with E-state index in [4.69, 9.17) is 0 Å². The SMILES string of the molecule is CC(=O)N1CCC(NS(=O)(=O)c2ccc(Br)cc2Br)CC1. The van der Waals surface area contributed by atoms with Crippen molar-refractivity contribution in [1.29, 1.82) is 0 Å². The summed E-state index contributed by atoms with van der Waals surface area (Å²) < 4.78 is 28.9. The normalized spacial score (nSPS) is 17.0. The van der Waals surface area contributed by atoms with Gasteiger partial charge < -0.3 is 4.90 Å². The standard InChI is InChI=1S/C13H16Br2N2O3S/c1-9(18)17-6-4-11(5-7-17)16-21(19,20)13-3-2-10(14)8-12(13)15/h2-3,8,11,16H,4-7H2,1H3. The number of benzene rings is 1. The Bertz CT molecular complexity index is 641. The van der Waals surface area contributed by atoms with Gasteiger partial charge >= 0.3 is 0 Å². The molecule has 1 N–H and O–H groups in total. The molecule has 21 heavy (non-hydrogen) atoms. The van der Waals surface area contributed by atoms with Gasteiger partial charge in [-0.15, -0.1) is 0 Å². The minimum absolute atomic E-state index is 0.0342. The minimum Gasteiger partial charge on any atom is -0.343 e. The van der Waals surface area contributed by atoms with Crippen molar-refractivity contribution >= 4 is 47.8 Å². The fourth-order valence-electron chi connectivity index (χ4n) is 2.29. The summed E-state index contributed by atoms with van der Waals surface area (Å²) in [4.78, 5) is 13.2. The number of piperidine rings is 1. The number of likely N-dealkylation sites (tertiary alicyclic amines) is 1. The molecule has 0 aliphatic carbocycles. The predicted molar refractivity (Wildman–Crippen MR) is 87.4 cm³/mol. The third kappa shape index (κ3) is 4.28. The molecule has 1 aliphatic rings. The zero-order chi connectivity index (χ0) is 15.6. The molecule has 1 amide bonds. The fraction of sp³-hybridized carbons (Fsp3) is 0.462. The lowest BCUT2D eigenvalue weighted by Gasteiger charge is -2.31. The second kappa shape index (κ2) is 6.76. The molecule has 116 valence electrons. The van der Waals surface area contributed by atoms with Crippen molar-refractivity contribution in [1.82, 2.24) is 9.62 Å². The van der Waals surface area contributed by atoms with E-state index in [0.29, 0.717) is 30.4 Å². The molecule has 1 heterocycles. The van der Waals surface area contributed by atoms with E-state index in [1.54, 1.807) is 23.1 Å². The van der Waals surface area contributed by atoms with Gasteiger partial charge in [-0.1, -0.05) is 15.9 Å². The lowest BCUT2D eigenvalue weighted by atomic mass is 10.1. The van der Waals surface area contributed by atoms with Crippen molar-refractivity contribution in [2.45, 2.75) is 30.7 Å². The van der Waals surface area contributed by atoms with Crippen LogP contribution in [0.15, 0.2) is 32.0 Å². The molecule has 1 fully saturated rings. The van der Waals surface area contributed by atoms with Crippen molar-refractivity contribution in [2.75, 3.05) is 13.1 Å². The summed E-state index contributed by atoms with van der Waals surface area (Å²) >= 11 is 6.57. The number of nitrogens with zero attached hydrogens (tertiary/aromatic N) is 1. The highest BCUT2D eigenvalue weighted by molar-refractivity contribution is 9.11. The summed E-state index contributed by atoms with van der Waals surface area (Å²) in [5.41, 5.74) is 0. The first-order chi connectivity index (χ1) is 9.79. The highest BCUT2D eigenvalue weighted by Gasteiger charge is 2.26. The molecule has 0 aromatic heterocycles. The average molecular weight is 440 g/mol. The predicted octanol–water partition coefficient (Wildman–Crippen LogP) is 2.50. The highest BCUT2D eigenvalue weighted by Crippen LogP contribution is 2.26. The molecule has 8 heteroatoms. The molecule has 1 saturated heterocycles. The number of hydrogen-bond donors (Lipinski definition) is 1. The van der Waals surface area contributed by atoms with Crippen LogP contribution >= 0.6 is 31.9 Å². The largest absolute Gasteiger partial charge is 0.343 e. The van der Waals surface area contributed by atoms with Crippen LogP contribution in [0.3, 0.4) is 0 Å². The number of halogens is 2. The average Bonchev–Trinajstić information content (AvgIpc) is 2.38. The van der Waals surface area contributed by atoms with Crippen LogP contribution in [0, 0.1) is 0 Å². The first-order valence-corrected chi connectivity index (χ1v) is 9.59. The maximum atomic E-state index is 12.4. The summed E-state index contributed by atoms with van der Waals surface area (Å²) in [7, 11) is -3.57. The Labute approximate surface area is 141 Å². The van der Waals surface area contributed by atoms with Gasteiger partial charge in [0, 0.05) is 35.0 Å². The number of amides is 1. The lowest BCUT2D eigenvalue weighted by molar-refractivity contribution is -0.129. The van der Waals surface area contributed by atoms with Crippen LogP contribution in [-0.4, -0.2) is 38.4 Å². The second-order valence-electron chi connectivity index (χ2n) is 4.98. The van der Waals surface area contributed by atoms with Crippen LogP contribution in [0.4, 0.5) is 0 Å². The smallest absolute Gasteiger partial charge is 0.241 e. The Morgan fingerprint density at radius 1 is 1.29 bits per heavy atom. The van der Waals surface area contributed by atoms with Crippen molar-refractivity contribution in [2.24, 2.45) is 0 Å². The minimum atomic E-state index is -3.57. The van der Waals surface area contributed by atoms with Gasteiger partial charge in [0.25, 0.3) is 0 Å². The van der Waals surface area contributed by atoms with E-state index in [0.717, 1.165) is 4.47 Å². The maximum Gasteiger partial charge on any atom is 0.241 e. The Kier molecular flexibility index (Phi) is 5.45. The molecule has 0 saturated carbocycles. The number of rotatable bonds is 3. The molecule has 5 nitrogen and oxygen atoms in total. The number of nitrogens with one attached hydrogen (secondary N) is 1. The summed E-state index contributed by atoms with van der Waals surface area (Å²) in [6.07, 6.45) is 1.26. The van der Waals surface area contributed by atoms with Gasteiger partial charge in [-0.3, -0.25) is 4.79 Å². The van der Waals surface area contributed by atoms with Crippen LogP contribution in [-0.2, 0) is 14.8 Å². The zero-order valence-corrected chi connectivity index (χ0v) is 15.5. The molecule has 0 atom stereocenters. The van der Waals surface area contributed by atoms with Crippen LogP contribution in [0.2, 0.25) is 0 Å². The molecule has 1 aromatic carbocycles. The van der Waals surface area contributed by atoms with E-state index >= 15 is 0 Å². The number of carbonyl (C=O) groups is 1. The van der Waals surface area contributed by atoms with Crippen LogP contribution in [0.5, 0.6) is 0 Å². The lowest BCUT2D eigenvalue weighted by Crippen LogP contribution is -2.45. The topological polar surface area (TPSA) is 66.5 Å². The van der Waals surface area contributed by atoms with E-state index < -0.39 is 10.0 Å². The quantitative estimate of drug-likeness (QED) is 0.786. The highest BCUT2D eigenvalue weighted by atomic mass is 79.9. The number of sulfonamides is 1. The van der Waals surface area contributed by atoms with Crippen molar-refractivity contribution in [3.63, 3.8) is 0 Å². The Hall–Kier alpha value is -0.440. The molecule has 0 radical (unpaired) electrons. The van der Waals surface area contributed by atoms with Gasteiger partial charge in [0.2, 0.25) is 15.9 Å². The maximum absolute atomic E-state index is 12.4. The second-order valence-corrected chi connectivity index (χ2v) is 8.43. The van der Waals surface area contributed by atoms with Crippen molar-refractivity contribution in [3.05, 3.63) is 27.1 Å². The molecule has 0 unspecified atom stereocenters. The third-order valence-corrected chi connectivity index (χ3v) is 6.44. The number of hydrogen-bond acceptors (Lipinski definition) is 3. The van der Waals surface area contributed by atoms with E-state index in [9.17, 15) is 13.2 Å². The molecular formula is C13H16Br2N2O3S. The zero-order valence-electron chi connectivity index (χ0n) is 11.5. The molecule has 2 rings (SSSR count). The van der Waals surface area contributed by atoms with Crippen LogP contribution < -0.4 is 4.72 Å². The van der Waals surface area contributed by atoms with Crippen LogP contribution in [0.1, 0.15) is 19.8 Å². The monoisotopic (exact) mass is 438 g/mol. The van der Waals surface area contributed by atoms with Gasteiger partial charge in [-0.2, -0.15) is 0 Å². The Morgan fingerprint density at radius 3 is 2.43 bits per heavy atom. The third-order valence-electron chi connectivity index (χ3n) is 3.45. The summed E-state index contributed by atoms with van der Waals surface area (Å²) in [5.74, 6) is 0.0342. The van der Waals surface area contributed by atoms with Gasteiger partial charge in [0.1, 0.15) is 0 Å². The molecule has 0 bridgehead atoms. The molecular weight excluding hydrogens is 424 g/mol. The van der Waals surface area contributed by atoms with Crippen LogP contribution in [0.25, 0.3) is 0 Å². The Balaban J connectivity index is 2.07. The molecule has 1 aromatic rings.